The van der Waals surface area contributed by atoms with Gasteiger partial charge in [0.1, 0.15) is 0 Å². The van der Waals surface area contributed by atoms with Gasteiger partial charge in [0.05, 0.1) is 18.8 Å². The molecule has 1 aromatic rings. The molecule has 0 saturated heterocycles. The molecule has 0 radical (unpaired) electrons. The van der Waals surface area contributed by atoms with Gasteiger partial charge in [-0.3, -0.25) is 9.69 Å². The van der Waals surface area contributed by atoms with Crippen molar-refractivity contribution in [3.8, 4) is 0 Å². The molecular weight excluding hydrogens is 266 g/mol. The number of likely N-dealkylation sites (N-methyl/N-ethyl adjacent to an activating group) is 1. The Balaban J connectivity index is 2.55. The normalized spacial score (nSPS) is 12.7. The number of hydrogen-bond donors (Lipinski definition) is 2. The van der Waals surface area contributed by atoms with Gasteiger partial charge in [-0.25, -0.2) is 0 Å². The second kappa shape index (κ2) is 8.00. The van der Waals surface area contributed by atoms with E-state index in [2.05, 4.69) is 5.32 Å². The van der Waals surface area contributed by atoms with Crippen molar-refractivity contribution in [3.05, 3.63) is 23.8 Å². The van der Waals surface area contributed by atoms with Crippen LogP contribution in [0.25, 0.3) is 0 Å². The molecule has 1 aromatic carbocycles. The third kappa shape index (κ3) is 5.73. The molecule has 21 heavy (non-hydrogen) atoms. The summed E-state index contributed by atoms with van der Waals surface area (Å²) in [5.74, 6) is -0.0456. The quantitative estimate of drug-likeness (QED) is 0.757. The van der Waals surface area contributed by atoms with Crippen molar-refractivity contribution >= 4 is 17.3 Å². The molecule has 0 heterocycles. The molecule has 0 aliphatic rings. The van der Waals surface area contributed by atoms with Gasteiger partial charge in [0.2, 0.25) is 5.91 Å². The van der Waals surface area contributed by atoms with Crippen LogP contribution in [0.1, 0.15) is 26.3 Å². The molecule has 0 aliphatic carbocycles. The predicted octanol–water partition coefficient (Wildman–Crippen LogP) is 2.26. The lowest BCUT2D eigenvalue weighted by molar-refractivity contribution is -0.120. The Morgan fingerprint density at radius 3 is 2.67 bits per heavy atom. The second-order valence-corrected chi connectivity index (χ2v) is 5.64. The van der Waals surface area contributed by atoms with Crippen molar-refractivity contribution in [2.75, 3.05) is 31.2 Å². The number of nitrogen functional groups attached to an aromatic ring is 1. The first-order chi connectivity index (χ1) is 9.81. The van der Waals surface area contributed by atoms with E-state index in [0.29, 0.717) is 18.8 Å². The summed E-state index contributed by atoms with van der Waals surface area (Å²) in [7, 11) is 1.92. The molecule has 1 atom stereocenters. The third-order valence-corrected chi connectivity index (χ3v) is 3.46. The Labute approximate surface area is 127 Å². The van der Waals surface area contributed by atoms with Crippen LogP contribution in [-0.4, -0.2) is 43.2 Å². The number of nitrogens with one attached hydrogen (secondary N) is 1. The molecule has 0 spiro atoms. The van der Waals surface area contributed by atoms with E-state index in [0.717, 1.165) is 11.3 Å². The number of anilines is 2. The Morgan fingerprint density at radius 2 is 2.05 bits per heavy atom. The SMILES string of the molecule is Cc1ccc(N)cc1NC(=O)C(C)N(C)CCOC(C)C. The molecule has 0 fully saturated rings. The van der Waals surface area contributed by atoms with Crippen molar-refractivity contribution < 1.29 is 9.53 Å². The molecule has 1 unspecified atom stereocenters. The summed E-state index contributed by atoms with van der Waals surface area (Å²) in [6.45, 7) is 9.15. The van der Waals surface area contributed by atoms with Crippen LogP contribution >= 0.6 is 0 Å². The Kier molecular flexibility index (Phi) is 6.65. The number of carbonyl (C=O) groups is 1. The molecule has 5 nitrogen and oxygen atoms in total. The molecule has 0 saturated carbocycles. The summed E-state index contributed by atoms with van der Waals surface area (Å²) in [4.78, 5) is 14.3. The molecular formula is C16H27N3O2. The predicted molar refractivity (Wildman–Crippen MR) is 87.4 cm³/mol. The third-order valence-electron chi connectivity index (χ3n) is 3.46. The number of rotatable bonds is 7. The fraction of sp³-hybridized carbons (Fsp3) is 0.562. The van der Waals surface area contributed by atoms with E-state index in [4.69, 9.17) is 10.5 Å². The number of nitrogens with two attached hydrogens (primary N) is 1. The zero-order chi connectivity index (χ0) is 16.0. The summed E-state index contributed by atoms with van der Waals surface area (Å²) in [6.07, 6.45) is 0.206. The van der Waals surface area contributed by atoms with Crippen molar-refractivity contribution in [2.45, 2.75) is 39.8 Å². The Bertz CT molecular complexity index is 475. The lowest BCUT2D eigenvalue weighted by Crippen LogP contribution is -2.41. The summed E-state index contributed by atoms with van der Waals surface area (Å²) in [5, 5.41) is 2.93. The maximum atomic E-state index is 12.3. The average molecular weight is 293 g/mol. The molecule has 0 aliphatic heterocycles. The Hall–Kier alpha value is -1.59. The van der Waals surface area contributed by atoms with Crippen LogP contribution in [0, 0.1) is 6.92 Å². The number of aryl methyl sites for hydroxylation is 1. The van der Waals surface area contributed by atoms with Crippen LogP contribution in [-0.2, 0) is 9.53 Å². The molecule has 3 N–H and O–H groups in total. The van der Waals surface area contributed by atoms with Crippen LogP contribution < -0.4 is 11.1 Å². The van der Waals surface area contributed by atoms with E-state index in [1.54, 1.807) is 6.07 Å². The van der Waals surface area contributed by atoms with E-state index < -0.39 is 0 Å². The highest BCUT2D eigenvalue weighted by atomic mass is 16.5. The maximum Gasteiger partial charge on any atom is 0.241 e. The van der Waals surface area contributed by atoms with E-state index in [9.17, 15) is 4.79 Å². The van der Waals surface area contributed by atoms with E-state index in [-0.39, 0.29) is 18.1 Å². The van der Waals surface area contributed by atoms with Crippen LogP contribution in [0.3, 0.4) is 0 Å². The van der Waals surface area contributed by atoms with Gasteiger partial charge < -0.3 is 15.8 Å². The van der Waals surface area contributed by atoms with Crippen LogP contribution in [0.4, 0.5) is 11.4 Å². The highest BCUT2D eigenvalue weighted by Crippen LogP contribution is 2.18. The monoisotopic (exact) mass is 293 g/mol. The minimum atomic E-state index is -0.235. The molecule has 118 valence electrons. The number of nitrogens with zero attached hydrogens (tertiary/aromatic N) is 1. The van der Waals surface area contributed by atoms with Gasteiger partial charge in [-0.15, -0.1) is 0 Å². The van der Waals surface area contributed by atoms with Gasteiger partial charge in [-0.2, -0.15) is 0 Å². The fourth-order valence-electron chi connectivity index (χ4n) is 1.84. The first-order valence-electron chi connectivity index (χ1n) is 7.30. The van der Waals surface area contributed by atoms with Gasteiger partial charge in [-0.05, 0) is 52.4 Å². The Morgan fingerprint density at radius 1 is 1.38 bits per heavy atom. The van der Waals surface area contributed by atoms with Gasteiger partial charge in [0, 0.05) is 17.9 Å². The van der Waals surface area contributed by atoms with E-state index in [1.165, 1.54) is 0 Å². The minimum absolute atomic E-state index is 0.0456. The van der Waals surface area contributed by atoms with E-state index in [1.807, 2.05) is 51.8 Å². The van der Waals surface area contributed by atoms with Gasteiger partial charge in [0.15, 0.2) is 0 Å². The lowest BCUT2D eigenvalue weighted by atomic mass is 10.1. The zero-order valence-electron chi connectivity index (χ0n) is 13.6. The van der Waals surface area contributed by atoms with Crippen LogP contribution in [0.15, 0.2) is 18.2 Å². The van der Waals surface area contributed by atoms with Crippen LogP contribution in [0.2, 0.25) is 0 Å². The smallest absolute Gasteiger partial charge is 0.241 e. The van der Waals surface area contributed by atoms with Crippen molar-refractivity contribution in [1.82, 2.24) is 4.90 Å². The van der Waals surface area contributed by atoms with Crippen molar-refractivity contribution in [2.24, 2.45) is 0 Å². The number of carbonyl (C=O) groups excluding carboxylic acids is 1. The highest BCUT2D eigenvalue weighted by Gasteiger charge is 2.18. The van der Waals surface area contributed by atoms with Crippen molar-refractivity contribution in [1.29, 1.82) is 0 Å². The topological polar surface area (TPSA) is 67.6 Å². The molecule has 0 aromatic heterocycles. The summed E-state index contributed by atoms with van der Waals surface area (Å²) < 4.78 is 5.51. The number of ether oxygens (including phenoxy) is 1. The zero-order valence-corrected chi connectivity index (χ0v) is 13.6. The summed E-state index contributed by atoms with van der Waals surface area (Å²) in [5.41, 5.74) is 8.15. The average Bonchev–Trinajstić information content (AvgIpc) is 2.41. The second-order valence-electron chi connectivity index (χ2n) is 5.64. The molecule has 1 rings (SSSR count). The molecule has 1 amide bonds. The lowest BCUT2D eigenvalue weighted by Gasteiger charge is -2.24. The van der Waals surface area contributed by atoms with E-state index >= 15 is 0 Å². The number of amides is 1. The first-order valence-corrected chi connectivity index (χ1v) is 7.30. The largest absolute Gasteiger partial charge is 0.399 e. The summed E-state index contributed by atoms with van der Waals surface area (Å²) in [6, 6.07) is 5.27. The standard InChI is InChI=1S/C16H27N3O2/c1-11(2)21-9-8-19(5)13(4)16(20)18-15-10-14(17)7-6-12(15)3/h6-7,10-11,13H,8-9,17H2,1-5H3,(H,18,20). The highest BCUT2D eigenvalue weighted by molar-refractivity contribution is 5.95. The number of hydrogen-bond acceptors (Lipinski definition) is 4. The number of benzene rings is 1. The molecule has 0 bridgehead atoms. The van der Waals surface area contributed by atoms with Gasteiger partial charge >= 0.3 is 0 Å². The minimum Gasteiger partial charge on any atom is -0.399 e. The summed E-state index contributed by atoms with van der Waals surface area (Å²) >= 11 is 0. The maximum absolute atomic E-state index is 12.3. The molecule has 5 heteroatoms. The van der Waals surface area contributed by atoms with Gasteiger partial charge in [0.25, 0.3) is 0 Å². The fourth-order valence-corrected chi connectivity index (χ4v) is 1.84. The first kappa shape index (κ1) is 17.5. The van der Waals surface area contributed by atoms with Crippen molar-refractivity contribution in [3.63, 3.8) is 0 Å². The van der Waals surface area contributed by atoms with Crippen LogP contribution in [0.5, 0.6) is 0 Å². The van der Waals surface area contributed by atoms with Gasteiger partial charge in [-0.1, -0.05) is 6.07 Å².